The Balaban J connectivity index is 1.62. The predicted molar refractivity (Wildman–Crippen MR) is 90.6 cm³/mol. The van der Waals surface area contributed by atoms with Crippen molar-refractivity contribution in [2.45, 2.75) is 45.7 Å². The molecule has 4 nitrogen and oxygen atoms in total. The number of piperidine rings is 1. The topological polar surface area (TPSA) is 40.6 Å². The summed E-state index contributed by atoms with van der Waals surface area (Å²) in [5.74, 6) is 5.37. The van der Waals surface area contributed by atoms with Crippen LogP contribution in [-0.2, 0) is 16.1 Å². The quantitative estimate of drug-likeness (QED) is 0.799. The van der Waals surface area contributed by atoms with E-state index < -0.39 is 0 Å². The Bertz CT molecular complexity index is 648. The molecule has 0 bridgehead atoms. The fourth-order valence-electron chi connectivity index (χ4n) is 3.67. The number of carbonyl (C=O) groups excluding carboxylic acids is 2. The fraction of sp³-hybridized carbons (Fsp3) is 0.556. The largest absolute Gasteiger partial charge is 0.335 e. The molecule has 1 saturated heterocycles. The molecule has 23 heavy (non-hydrogen) atoms. The number of thiophene rings is 1. The molecule has 5 heteroatoms. The third-order valence-electron chi connectivity index (χ3n) is 5.14. The third kappa shape index (κ3) is 3.28. The SMILES string of the molecule is CC#CC(=O)N1CCC2(CC1)CC2N(Cc1ccsc1)C(C)=O. The second kappa shape index (κ2) is 6.37. The summed E-state index contributed by atoms with van der Waals surface area (Å²) in [6, 6.07) is 2.41. The summed E-state index contributed by atoms with van der Waals surface area (Å²) in [4.78, 5) is 27.8. The van der Waals surface area contributed by atoms with Crippen LogP contribution in [0.1, 0.15) is 38.7 Å². The highest BCUT2D eigenvalue weighted by molar-refractivity contribution is 7.07. The molecule has 1 atom stereocenters. The van der Waals surface area contributed by atoms with Crippen molar-refractivity contribution in [3.05, 3.63) is 22.4 Å². The molecule has 1 saturated carbocycles. The Kier molecular flexibility index (Phi) is 4.45. The lowest BCUT2D eigenvalue weighted by molar-refractivity contribution is -0.132. The van der Waals surface area contributed by atoms with Crippen LogP contribution in [-0.4, -0.2) is 40.7 Å². The van der Waals surface area contributed by atoms with Crippen molar-refractivity contribution in [2.75, 3.05) is 13.1 Å². The van der Waals surface area contributed by atoms with Crippen LogP contribution in [0.25, 0.3) is 0 Å². The van der Waals surface area contributed by atoms with Crippen molar-refractivity contribution < 1.29 is 9.59 Å². The molecule has 0 N–H and O–H groups in total. The van der Waals surface area contributed by atoms with Crippen molar-refractivity contribution in [1.82, 2.24) is 9.80 Å². The van der Waals surface area contributed by atoms with Crippen molar-refractivity contribution in [3.8, 4) is 11.8 Å². The summed E-state index contributed by atoms with van der Waals surface area (Å²) in [5.41, 5.74) is 1.43. The number of rotatable bonds is 3. The molecule has 2 amide bonds. The van der Waals surface area contributed by atoms with Gasteiger partial charge in [0.05, 0.1) is 0 Å². The highest BCUT2D eigenvalue weighted by Crippen LogP contribution is 2.57. The summed E-state index contributed by atoms with van der Waals surface area (Å²) in [6.07, 6.45) is 3.02. The van der Waals surface area contributed by atoms with Gasteiger partial charge in [0, 0.05) is 32.6 Å². The van der Waals surface area contributed by atoms with Crippen LogP contribution in [0.3, 0.4) is 0 Å². The Morgan fingerprint density at radius 3 is 2.74 bits per heavy atom. The van der Waals surface area contributed by atoms with Gasteiger partial charge in [-0.05, 0) is 59.9 Å². The van der Waals surface area contributed by atoms with Gasteiger partial charge in [-0.15, -0.1) is 0 Å². The number of carbonyl (C=O) groups is 2. The van der Waals surface area contributed by atoms with Gasteiger partial charge in [-0.2, -0.15) is 11.3 Å². The van der Waals surface area contributed by atoms with E-state index in [0.717, 1.165) is 32.4 Å². The molecule has 2 aliphatic rings. The number of likely N-dealkylation sites (tertiary alicyclic amines) is 1. The van der Waals surface area contributed by atoms with Gasteiger partial charge in [-0.1, -0.05) is 5.92 Å². The normalized spacial score (nSPS) is 21.5. The van der Waals surface area contributed by atoms with E-state index in [0.29, 0.717) is 12.6 Å². The maximum absolute atomic E-state index is 12.1. The molecule has 1 aromatic heterocycles. The van der Waals surface area contributed by atoms with Crippen LogP contribution in [0.2, 0.25) is 0 Å². The molecule has 1 unspecified atom stereocenters. The van der Waals surface area contributed by atoms with Gasteiger partial charge in [0.2, 0.25) is 5.91 Å². The molecule has 1 aliphatic heterocycles. The first-order chi connectivity index (χ1) is 11.1. The van der Waals surface area contributed by atoms with Crippen LogP contribution in [0.4, 0.5) is 0 Å². The first-order valence-electron chi connectivity index (χ1n) is 8.06. The maximum Gasteiger partial charge on any atom is 0.298 e. The average Bonchev–Trinajstić information content (AvgIpc) is 2.97. The van der Waals surface area contributed by atoms with Gasteiger partial charge in [-0.25, -0.2) is 0 Å². The summed E-state index contributed by atoms with van der Waals surface area (Å²) < 4.78 is 0. The van der Waals surface area contributed by atoms with E-state index >= 15 is 0 Å². The Morgan fingerprint density at radius 1 is 1.43 bits per heavy atom. The van der Waals surface area contributed by atoms with E-state index in [4.69, 9.17) is 0 Å². The zero-order valence-corrected chi connectivity index (χ0v) is 14.5. The van der Waals surface area contributed by atoms with Crippen molar-refractivity contribution in [3.63, 3.8) is 0 Å². The van der Waals surface area contributed by atoms with Crippen LogP contribution in [0.15, 0.2) is 16.8 Å². The van der Waals surface area contributed by atoms with Crippen LogP contribution >= 0.6 is 11.3 Å². The minimum Gasteiger partial charge on any atom is -0.335 e. The third-order valence-corrected chi connectivity index (χ3v) is 5.87. The number of hydrogen-bond donors (Lipinski definition) is 0. The number of amides is 2. The first kappa shape index (κ1) is 16.1. The van der Waals surface area contributed by atoms with Gasteiger partial charge < -0.3 is 9.80 Å². The molecule has 122 valence electrons. The molecule has 3 rings (SSSR count). The molecule has 2 fully saturated rings. The molecule has 1 aromatic rings. The predicted octanol–water partition coefficient (Wildman–Crippen LogP) is 2.50. The van der Waals surface area contributed by atoms with E-state index in [-0.39, 0.29) is 17.2 Å². The van der Waals surface area contributed by atoms with E-state index in [1.165, 1.54) is 5.56 Å². The molecule has 1 spiro atoms. The standard InChI is InChI=1S/C18H22N2O2S/c1-3-4-17(22)19-8-6-18(7-9-19)11-16(18)20(14(2)21)12-15-5-10-23-13-15/h5,10,13,16H,6-9,11-12H2,1-2H3. The number of nitrogens with zero attached hydrogens (tertiary/aromatic N) is 2. The fourth-order valence-corrected chi connectivity index (χ4v) is 4.33. The maximum atomic E-state index is 12.1. The highest BCUT2D eigenvalue weighted by Gasteiger charge is 2.58. The second-order valence-corrected chi connectivity index (χ2v) is 7.31. The molecule has 2 heterocycles. The molecular formula is C18H22N2O2S. The lowest BCUT2D eigenvalue weighted by Crippen LogP contribution is -2.42. The summed E-state index contributed by atoms with van der Waals surface area (Å²) >= 11 is 1.67. The molecular weight excluding hydrogens is 308 g/mol. The van der Waals surface area contributed by atoms with Gasteiger partial charge in [-0.3, -0.25) is 9.59 Å². The zero-order valence-electron chi connectivity index (χ0n) is 13.7. The monoisotopic (exact) mass is 330 g/mol. The Hall–Kier alpha value is -1.80. The summed E-state index contributed by atoms with van der Waals surface area (Å²) in [6.45, 7) is 5.57. The lowest BCUT2D eigenvalue weighted by atomic mass is 9.92. The molecule has 0 radical (unpaired) electrons. The zero-order chi connectivity index (χ0) is 16.4. The van der Waals surface area contributed by atoms with Crippen molar-refractivity contribution >= 4 is 23.2 Å². The van der Waals surface area contributed by atoms with Crippen LogP contribution in [0, 0.1) is 17.3 Å². The number of hydrogen-bond acceptors (Lipinski definition) is 3. The van der Waals surface area contributed by atoms with Gasteiger partial charge >= 0.3 is 0 Å². The van der Waals surface area contributed by atoms with E-state index in [2.05, 4.69) is 28.7 Å². The second-order valence-electron chi connectivity index (χ2n) is 6.53. The van der Waals surface area contributed by atoms with Gasteiger partial charge in [0.15, 0.2) is 0 Å². The lowest BCUT2D eigenvalue weighted by Gasteiger charge is -2.33. The van der Waals surface area contributed by atoms with Crippen LogP contribution < -0.4 is 0 Å². The molecule has 0 aromatic carbocycles. The van der Waals surface area contributed by atoms with E-state index in [9.17, 15) is 9.59 Å². The van der Waals surface area contributed by atoms with Crippen molar-refractivity contribution in [1.29, 1.82) is 0 Å². The highest BCUT2D eigenvalue weighted by atomic mass is 32.1. The Labute approximate surface area is 141 Å². The van der Waals surface area contributed by atoms with Gasteiger partial charge in [0.25, 0.3) is 5.91 Å². The first-order valence-corrected chi connectivity index (χ1v) is 9.00. The van der Waals surface area contributed by atoms with E-state index in [1.807, 2.05) is 9.80 Å². The average molecular weight is 330 g/mol. The van der Waals surface area contributed by atoms with Crippen LogP contribution in [0.5, 0.6) is 0 Å². The van der Waals surface area contributed by atoms with Crippen molar-refractivity contribution in [2.24, 2.45) is 5.41 Å². The van der Waals surface area contributed by atoms with E-state index in [1.54, 1.807) is 25.2 Å². The van der Waals surface area contributed by atoms with Gasteiger partial charge in [0.1, 0.15) is 0 Å². The molecule has 1 aliphatic carbocycles. The minimum atomic E-state index is -0.0683. The Morgan fingerprint density at radius 2 is 2.17 bits per heavy atom. The summed E-state index contributed by atoms with van der Waals surface area (Å²) in [5, 5.41) is 4.16. The summed E-state index contributed by atoms with van der Waals surface area (Å²) in [7, 11) is 0. The minimum absolute atomic E-state index is 0.0683. The smallest absolute Gasteiger partial charge is 0.298 e.